The number of hydrogen-bond acceptors (Lipinski definition) is 7. The smallest absolute Gasteiger partial charge is 0.258 e. The summed E-state index contributed by atoms with van der Waals surface area (Å²) in [5.74, 6) is 0.649. The van der Waals surface area contributed by atoms with E-state index in [1.165, 1.54) is 11.3 Å². The van der Waals surface area contributed by atoms with E-state index in [1.807, 2.05) is 31.1 Å². The summed E-state index contributed by atoms with van der Waals surface area (Å²) >= 11 is 1.46. The number of hydrogen-bond donors (Lipinski definition) is 0. The van der Waals surface area contributed by atoms with Gasteiger partial charge in [0.15, 0.2) is 4.96 Å². The molecular formula is C20H25N5O3S. The first kappa shape index (κ1) is 19.8. The van der Waals surface area contributed by atoms with E-state index in [1.54, 1.807) is 16.7 Å². The van der Waals surface area contributed by atoms with Crippen LogP contribution in [0, 0.1) is 13.8 Å². The Labute approximate surface area is 172 Å². The maximum absolute atomic E-state index is 13.1. The third-order valence-corrected chi connectivity index (χ3v) is 6.33. The minimum Gasteiger partial charge on any atom is -0.361 e. The van der Waals surface area contributed by atoms with E-state index in [0.717, 1.165) is 42.2 Å². The van der Waals surface area contributed by atoms with E-state index < -0.39 is 0 Å². The van der Waals surface area contributed by atoms with Crippen molar-refractivity contribution in [3.05, 3.63) is 50.7 Å². The van der Waals surface area contributed by atoms with Gasteiger partial charge in [0, 0.05) is 55.9 Å². The summed E-state index contributed by atoms with van der Waals surface area (Å²) < 4.78 is 6.83. The van der Waals surface area contributed by atoms with Crippen molar-refractivity contribution in [1.29, 1.82) is 0 Å². The van der Waals surface area contributed by atoms with Crippen LogP contribution in [0.1, 0.15) is 42.0 Å². The van der Waals surface area contributed by atoms with Crippen LogP contribution in [-0.4, -0.2) is 56.4 Å². The lowest BCUT2D eigenvalue weighted by atomic mass is 9.93. The molecule has 0 aliphatic carbocycles. The standard InChI is InChI=1S/C20H25N5O3S/c1-4-16(18-13(2)22-28-14(18)3)19(27)24-7-5-23(6-8-24)12-15-11-17(26)25-9-10-29-20(25)21-15/h9-11,16H,4-8,12H2,1-3H3. The van der Waals surface area contributed by atoms with Crippen LogP contribution in [0.4, 0.5) is 0 Å². The Morgan fingerprint density at radius 3 is 2.69 bits per heavy atom. The molecule has 1 atom stereocenters. The van der Waals surface area contributed by atoms with Crippen molar-refractivity contribution in [2.24, 2.45) is 0 Å². The highest BCUT2D eigenvalue weighted by Crippen LogP contribution is 2.28. The largest absolute Gasteiger partial charge is 0.361 e. The summed E-state index contributed by atoms with van der Waals surface area (Å²) in [5, 5.41) is 5.87. The van der Waals surface area contributed by atoms with Crippen LogP contribution in [-0.2, 0) is 11.3 Å². The monoisotopic (exact) mass is 415 g/mol. The van der Waals surface area contributed by atoms with E-state index in [9.17, 15) is 9.59 Å². The summed E-state index contributed by atoms with van der Waals surface area (Å²) in [7, 11) is 0. The average Bonchev–Trinajstić information content (AvgIpc) is 3.31. The fourth-order valence-electron chi connectivity index (χ4n) is 4.03. The molecular weight excluding hydrogens is 390 g/mol. The molecule has 1 aliphatic rings. The van der Waals surface area contributed by atoms with Gasteiger partial charge in [-0.25, -0.2) is 4.98 Å². The molecule has 1 fully saturated rings. The molecule has 0 aromatic carbocycles. The van der Waals surface area contributed by atoms with Gasteiger partial charge in [-0.3, -0.25) is 18.9 Å². The fourth-order valence-corrected chi connectivity index (χ4v) is 4.77. The Balaban J connectivity index is 1.40. The number of nitrogens with zero attached hydrogens (tertiary/aromatic N) is 5. The van der Waals surface area contributed by atoms with Crippen molar-refractivity contribution in [2.45, 2.75) is 39.7 Å². The molecule has 3 aromatic heterocycles. The zero-order chi connectivity index (χ0) is 20.5. The third kappa shape index (κ3) is 3.84. The van der Waals surface area contributed by atoms with E-state index in [-0.39, 0.29) is 17.4 Å². The molecule has 1 saturated heterocycles. The van der Waals surface area contributed by atoms with E-state index >= 15 is 0 Å². The molecule has 0 bridgehead atoms. The average molecular weight is 416 g/mol. The lowest BCUT2D eigenvalue weighted by molar-refractivity contribution is -0.134. The van der Waals surface area contributed by atoms with E-state index in [4.69, 9.17) is 4.52 Å². The van der Waals surface area contributed by atoms with Crippen LogP contribution >= 0.6 is 11.3 Å². The van der Waals surface area contributed by atoms with Crippen molar-refractivity contribution in [2.75, 3.05) is 26.2 Å². The Morgan fingerprint density at radius 2 is 2.03 bits per heavy atom. The first-order chi connectivity index (χ1) is 14.0. The lowest BCUT2D eigenvalue weighted by Crippen LogP contribution is -2.49. The second kappa shape index (κ2) is 8.08. The van der Waals surface area contributed by atoms with Gasteiger partial charge in [-0.2, -0.15) is 0 Å². The van der Waals surface area contributed by atoms with Crippen molar-refractivity contribution < 1.29 is 9.32 Å². The van der Waals surface area contributed by atoms with Crippen molar-refractivity contribution in [1.82, 2.24) is 24.3 Å². The van der Waals surface area contributed by atoms with Gasteiger partial charge in [0.25, 0.3) is 5.56 Å². The Bertz CT molecular complexity index is 1060. The maximum atomic E-state index is 13.1. The molecule has 4 rings (SSSR count). The van der Waals surface area contributed by atoms with Gasteiger partial charge >= 0.3 is 0 Å². The summed E-state index contributed by atoms with van der Waals surface area (Å²) in [6.07, 6.45) is 2.46. The second-order valence-corrected chi connectivity index (χ2v) is 8.31. The van der Waals surface area contributed by atoms with Gasteiger partial charge in [0.2, 0.25) is 5.91 Å². The summed E-state index contributed by atoms with van der Waals surface area (Å²) in [4.78, 5) is 34.8. The molecule has 4 heterocycles. The van der Waals surface area contributed by atoms with Crippen molar-refractivity contribution in [3.8, 4) is 0 Å². The number of thiazole rings is 1. The molecule has 9 heteroatoms. The van der Waals surface area contributed by atoms with Gasteiger partial charge in [0.05, 0.1) is 17.3 Å². The van der Waals surface area contributed by atoms with E-state index in [2.05, 4.69) is 15.0 Å². The molecule has 8 nitrogen and oxygen atoms in total. The number of carbonyl (C=O) groups is 1. The number of piperazine rings is 1. The van der Waals surface area contributed by atoms with Crippen molar-refractivity contribution >= 4 is 22.2 Å². The molecule has 3 aromatic rings. The number of aromatic nitrogens is 3. The van der Waals surface area contributed by atoms with Crippen LogP contribution in [0.5, 0.6) is 0 Å². The van der Waals surface area contributed by atoms with Crippen LogP contribution < -0.4 is 5.56 Å². The SMILES string of the molecule is CCC(C(=O)N1CCN(Cc2cc(=O)n3ccsc3n2)CC1)c1c(C)noc1C. The topological polar surface area (TPSA) is 84.0 Å². The van der Waals surface area contributed by atoms with E-state index in [0.29, 0.717) is 24.6 Å². The second-order valence-electron chi connectivity index (χ2n) is 7.44. The van der Waals surface area contributed by atoms with Crippen LogP contribution in [0.2, 0.25) is 0 Å². The predicted octanol–water partition coefficient (Wildman–Crippen LogP) is 2.20. The van der Waals surface area contributed by atoms with Crippen LogP contribution in [0.25, 0.3) is 4.96 Å². The van der Waals surface area contributed by atoms with Gasteiger partial charge < -0.3 is 9.42 Å². The molecule has 1 aliphatic heterocycles. The van der Waals surface area contributed by atoms with Crippen molar-refractivity contribution in [3.63, 3.8) is 0 Å². The van der Waals surface area contributed by atoms with Crippen LogP contribution in [0.15, 0.2) is 27.0 Å². The molecule has 0 saturated carbocycles. The zero-order valence-corrected chi connectivity index (χ0v) is 17.7. The predicted molar refractivity (Wildman–Crippen MR) is 110 cm³/mol. The Hall–Kier alpha value is -2.52. The molecule has 1 amide bonds. The number of fused-ring (bicyclic) bond motifs is 1. The molecule has 1 unspecified atom stereocenters. The Morgan fingerprint density at radius 1 is 1.28 bits per heavy atom. The lowest BCUT2D eigenvalue weighted by Gasteiger charge is -2.36. The van der Waals surface area contributed by atoms with Gasteiger partial charge in [-0.15, -0.1) is 11.3 Å². The molecule has 0 radical (unpaired) electrons. The quantitative estimate of drug-likeness (QED) is 0.635. The molecule has 154 valence electrons. The summed E-state index contributed by atoms with van der Waals surface area (Å²) in [5.41, 5.74) is 2.45. The number of amides is 1. The van der Waals surface area contributed by atoms with Crippen LogP contribution in [0.3, 0.4) is 0 Å². The maximum Gasteiger partial charge on any atom is 0.258 e. The summed E-state index contributed by atoms with van der Waals surface area (Å²) in [6, 6.07) is 1.60. The highest BCUT2D eigenvalue weighted by Gasteiger charge is 2.31. The number of carbonyl (C=O) groups excluding carboxylic acids is 1. The number of aryl methyl sites for hydroxylation is 2. The van der Waals surface area contributed by atoms with Gasteiger partial charge in [-0.05, 0) is 20.3 Å². The highest BCUT2D eigenvalue weighted by molar-refractivity contribution is 7.15. The normalized spacial score (nSPS) is 16.4. The molecule has 0 spiro atoms. The fraction of sp³-hybridized carbons (Fsp3) is 0.500. The first-order valence-electron chi connectivity index (χ1n) is 9.87. The molecule has 29 heavy (non-hydrogen) atoms. The van der Waals surface area contributed by atoms with Gasteiger partial charge in [0.1, 0.15) is 5.76 Å². The molecule has 0 N–H and O–H groups in total. The third-order valence-electron chi connectivity index (χ3n) is 5.57. The minimum atomic E-state index is -0.212. The Kier molecular flexibility index (Phi) is 5.51. The minimum absolute atomic E-state index is 0.0506. The van der Waals surface area contributed by atoms with Gasteiger partial charge in [-0.1, -0.05) is 12.1 Å². The zero-order valence-electron chi connectivity index (χ0n) is 16.9. The highest BCUT2D eigenvalue weighted by atomic mass is 32.1. The first-order valence-corrected chi connectivity index (χ1v) is 10.8. The summed E-state index contributed by atoms with van der Waals surface area (Å²) in [6.45, 7) is 9.24. The number of rotatable bonds is 5.